The molecule has 0 saturated heterocycles. The van der Waals surface area contributed by atoms with Crippen molar-refractivity contribution in [3.63, 3.8) is 0 Å². The van der Waals surface area contributed by atoms with Gasteiger partial charge in [0.15, 0.2) is 5.78 Å². The summed E-state index contributed by atoms with van der Waals surface area (Å²) in [4.78, 5) is 12.2. The van der Waals surface area contributed by atoms with Crippen LogP contribution in [0.2, 0.25) is 0 Å². The highest BCUT2D eigenvalue weighted by atomic mass is 16.5. The summed E-state index contributed by atoms with van der Waals surface area (Å²) in [6.07, 6.45) is 28.1. The van der Waals surface area contributed by atoms with Crippen LogP contribution in [0.3, 0.4) is 0 Å². The Morgan fingerprint density at radius 1 is 0.806 bits per heavy atom. The number of Topliss-reactive ketones (excluding diaryl/α,β-unsaturated/α-hetero) is 1. The van der Waals surface area contributed by atoms with Gasteiger partial charge in [0.2, 0.25) is 0 Å². The van der Waals surface area contributed by atoms with Gasteiger partial charge in [-0.05, 0) is 44.9 Å². The van der Waals surface area contributed by atoms with Crippen molar-refractivity contribution in [1.29, 1.82) is 0 Å². The van der Waals surface area contributed by atoms with Crippen molar-refractivity contribution in [1.82, 2.24) is 0 Å². The van der Waals surface area contributed by atoms with E-state index in [-0.39, 0.29) is 29.3 Å². The van der Waals surface area contributed by atoms with Gasteiger partial charge >= 0.3 is 0 Å². The fourth-order valence-corrected chi connectivity index (χ4v) is 2.86. The molecule has 0 heterocycles. The van der Waals surface area contributed by atoms with Crippen molar-refractivity contribution in [2.75, 3.05) is 7.11 Å². The Hall–Kier alpha value is -3.01. The molecule has 0 aliphatic rings. The Labute approximate surface area is 187 Å². The zero-order valence-electron chi connectivity index (χ0n) is 18.8. The summed E-state index contributed by atoms with van der Waals surface area (Å²) >= 11 is 0. The molecule has 0 aliphatic heterocycles. The van der Waals surface area contributed by atoms with E-state index in [2.05, 4.69) is 67.7 Å². The Bertz CT molecular complexity index is 774. The Balaban J connectivity index is 2.17. The van der Waals surface area contributed by atoms with Gasteiger partial charge in [0.05, 0.1) is 7.11 Å². The summed E-state index contributed by atoms with van der Waals surface area (Å²) in [7, 11) is 1.43. The topological polar surface area (TPSA) is 66.8 Å². The highest BCUT2D eigenvalue weighted by molar-refractivity contribution is 6.01. The Morgan fingerprint density at radius 3 is 1.71 bits per heavy atom. The molecule has 4 nitrogen and oxygen atoms in total. The lowest BCUT2D eigenvalue weighted by molar-refractivity contribution is 0.0975. The number of allylic oxidation sites excluding steroid dienone is 10. The maximum Gasteiger partial charge on any atom is 0.170 e. The molecule has 0 spiro atoms. The van der Waals surface area contributed by atoms with Crippen LogP contribution in [-0.2, 0) is 0 Å². The number of benzene rings is 1. The first-order valence-corrected chi connectivity index (χ1v) is 11.0. The first-order chi connectivity index (χ1) is 15.1. The van der Waals surface area contributed by atoms with Crippen LogP contribution in [0, 0.1) is 0 Å². The van der Waals surface area contributed by atoms with Crippen LogP contribution < -0.4 is 4.74 Å². The molecule has 0 amide bonds. The third kappa shape index (κ3) is 11.7. The fourth-order valence-electron chi connectivity index (χ4n) is 2.86. The van der Waals surface area contributed by atoms with E-state index in [1.165, 1.54) is 19.2 Å². The van der Waals surface area contributed by atoms with Crippen LogP contribution >= 0.6 is 0 Å². The van der Waals surface area contributed by atoms with Crippen molar-refractivity contribution in [3.05, 3.63) is 78.5 Å². The second-order valence-electron chi connectivity index (χ2n) is 7.06. The van der Waals surface area contributed by atoms with Crippen LogP contribution in [0.4, 0.5) is 0 Å². The highest BCUT2D eigenvalue weighted by Gasteiger charge is 2.17. The summed E-state index contributed by atoms with van der Waals surface area (Å²) in [6.45, 7) is 2.14. The van der Waals surface area contributed by atoms with Crippen molar-refractivity contribution < 1.29 is 19.7 Å². The molecule has 168 valence electrons. The van der Waals surface area contributed by atoms with Gasteiger partial charge in [-0.25, -0.2) is 0 Å². The van der Waals surface area contributed by atoms with Crippen LogP contribution in [0.5, 0.6) is 17.2 Å². The number of carbonyl (C=O) groups excluding carboxylic acids is 1. The van der Waals surface area contributed by atoms with Crippen molar-refractivity contribution in [2.24, 2.45) is 0 Å². The molecular weight excluding hydrogens is 388 g/mol. The minimum absolute atomic E-state index is 0.0374. The van der Waals surface area contributed by atoms with Gasteiger partial charge in [-0.1, -0.05) is 67.7 Å². The lowest BCUT2D eigenvalue weighted by atomic mass is 10.0. The average molecular weight is 425 g/mol. The first kappa shape index (κ1) is 26.0. The molecule has 4 heteroatoms. The fraction of sp³-hybridized carbons (Fsp3) is 0.370. The zero-order valence-corrected chi connectivity index (χ0v) is 18.8. The molecule has 0 aliphatic carbocycles. The molecule has 1 aromatic rings. The predicted molar refractivity (Wildman–Crippen MR) is 129 cm³/mol. The Kier molecular flexibility index (Phi) is 14.1. The van der Waals surface area contributed by atoms with E-state index in [0.717, 1.165) is 38.5 Å². The molecular formula is C27H36O4. The van der Waals surface area contributed by atoms with Crippen molar-refractivity contribution in [3.8, 4) is 17.2 Å². The van der Waals surface area contributed by atoms with E-state index in [1.54, 1.807) is 0 Å². The molecule has 1 rings (SSSR count). The van der Waals surface area contributed by atoms with Crippen LogP contribution in [0.1, 0.15) is 68.6 Å². The molecule has 0 fully saturated rings. The molecule has 2 N–H and O–H groups in total. The quantitative estimate of drug-likeness (QED) is 0.177. The molecule has 0 saturated carbocycles. The average Bonchev–Trinajstić information content (AvgIpc) is 2.75. The number of hydrogen-bond acceptors (Lipinski definition) is 4. The number of carbonyl (C=O) groups is 1. The number of aromatic hydroxyl groups is 2. The normalized spacial score (nSPS) is 12.3. The minimum Gasteiger partial charge on any atom is -0.507 e. The van der Waals surface area contributed by atoms with Gasteiger partial charge in [-0.15, -0.1) is 0 Å². The van der Waals surface area contributed by atoms with Crippen molar-refractivity contribution >= 4 is 5.78 Å². The van der Waals surface area contributed by atoms with Crippen LogP contribution in [-0.4, -0.2) is 23.1 Å². The number of unbranched alkanes of at least 4 members (excludes halogenated alkanes) is 1. The van der Waals surface area contributed by atoms with E-state index in [0.29, 0.717) is 12.2 Å². The van der Waals surface area contributed by atoms with E-state index in [4.69, 9.17) is 4.74 Å². The van der Waals surface area contributed by atoms with Gasteiger partial charge in [-0.2, -0.15) is 0 Å². The number of hydrogen-bond donors (Lipinski definition) is 2. The standard InChI is InChI=1S/C27H36O4/c1-3-4-5-6-7-8-9-10-11-12-13-14-15-16-17-18-19-20-24(28)27-25(29)21-23(31-2)22-26(27)30/h4-5,7-8,10-11,13-14,16-17,21-22,29-30H,3,6,9,12,15,18-20H2,1-2H3. The van der Waals surface area contributed by atoms with E-state index >= 15 is 0 Å². The third-order valence-electron chi connectivity index (χ3n) is 4.52. The van der Waals surface area contributed by atoms with Gasteiger partial charge < -0.3 is 14.9 Å². The number of methoxy groups -OCH3 is 1. The van der Waals surface area contributed by atoms with E-state index < -0.39 is 0 Å². The van der Waals surface area contributed by atoms with E-state index in [9.17, 15) is 15.0 Å². The second-order valence-corrected chi connectivity index (χ2v) is 7.06. The second kappa shape index (κ2) is 16.8. The molecule has 0 atom stereocenters. The van der Waals surface area contributed by atoms with Gasteiger partial charge in [0.25, 0.3) is 0 Å². The molecule has 0 bridgehead atoms. The minimum atomic E-state index is -0.273. The SMILES string of the molecule is CCC=CCC=CCC=CCC=CCC=CCCCC(=O)c1c(O)cc(OC)cc1O. The molecule has 0 radical (unpaired) electrons. The highest BCUT2D eigenvalue weighted by Crippen LogP contribution is 2.33. The lowest BCUT2D eigenvalue weighted by Gasteiger charge is -2.08. The smallest absolute Gasteiger partial charge is 0.170 e. The summed E-state index contributed by atoms with van der Waals surface area (Å²) < 4.78 is 4.95. The monoisotopic (exact) mass is 424 g/mol. The van der Waals surface area contributed by atoms with Crippen molar-refractivity contribution in [2.45, 2.75) is 58.3 Å². The van der Waals surface area contributed by atoms with Gasteiger partial charge in [0, 0.05) is 18.6 Å². The number of phenolic OH excluding ortho intramolecular Hbond substituents is 2. The maximum atomic E-state index is 12.2. The largest absolute Gasteiger partial charge is 0.507 e. The van der Waals surface area contributed by atoms with Crippen LogP contribution in [0.25, 0.3) is 0 Å². The van der Waals surface area contributed by atoms with E-state index in [1.807, 2.05) is 0 Å². The number of phenols is 2. The molecule has 1 aromatic carbocycles. The molecule has 0 unspecified atom stereocenters. The first-order valence-electron chi connectivity index (χ1n) is 11.0. The molecule has 31 heavy (non-hydrogen) atoms. The van der Waals surface area contributed by atoms with Crippen LogP contribution in [0.15, 0.2) is 72.9 Å². The summed E-state index contributed by atoms with van der Waals surface area (Å²) in [5, 5.41) is 19.8. The van der Waals surface area contributed by atoms with Gasteiger partial charge in [-0.3, -0.25) is 4.79 Å². The predicted octanol–water partition coefficient (Wildman–Crippen LogP) is 7.21. The maximum absolute atomic E-state index is 12.2. The Morgan fingerprint density at radius 2 is 1.26 bits per heavy atom. The number of ether oxygens (including phenoxy) is 1. The third-order valence-corrected chi connectivity index (χ3v) is 4.52. The zero-order chi connectivity index (χ0) is 22.7. The number of rotatable bonds is 15. The lowest BCUT2D eigenvalue weighted by Crippen LogP contribution is -2.00. The summed E-state index contributed by atoms with van der Waals surface area (Å²) in [5.74, 6) is -0.469. The molecule has 0 aromatic heterocycles. The summed E-state index contributed by atoms with van der Waals surface area (Å²) in [6, 6.07) is 2.66. The van der Waals surface area contributed by atoms with Gasteiger partial charge in [0.1, 0.15) is 22.8 Å². The number of ketones is 1. The summed E-state index contributed by atoms with van der Waals surface area (Å²) in [5.41, 5.74) is -0.0374.